The first-order chi connectivity index (χ1) is 8.25. The molecule has 1 radical (unpaired) electrons. The summed E-state index contributed by atoms with van der Waals surface area (Å²) in [7, 11) is 0. The molecule has 0 N–H and O–H groups in total. The molecule has 3 aromatic rings. The van der Waals surface area contributed by atoms with E-state index in [1.807, 2.05) is 11.4 Å². The van der Waals surface area contributed by atoms with E-state index in [1.54, 1.807) is 0 Å². The third-order valence-electron chi connectivity index (χ3n) is 2.37. The van der Waals surface area contributed by atoms with Crippen LogP contribution in [0.4, 0.5) is 8.78 Å². The number of benzene rings is 1. The SMILES string of the molecule is Fc1c[c-]c(-c2ncnc3sccc23)cc1F.[Ir]. The molecule has 0 atom stereocenters. The summed E-state index contributed by atoms with van der Waals surface area (Å²) in [6.07, 6.45) is 1.41. The molecule has 3 rings (SSSR count). The molecule has 0 saturated heterocycles. The van der Waals surface area contributed by atoms with E-state index in [0.29, 0.717) is 11.3 Å². The van der Waals surface area contributed by atoms with Gasteiger partial charge in [-0.15, -0.1) is 35.1 Å². The Labute approximate surface area is 119 Å². The zero-order valence-corrected chi connectivity index (χ0v) is 12.0. The number of halogens is 2. The standard InChI is InChI=1S/C12H5F2N2S.Ir/c13-9-2-1-7(5-10(9)14)11-8-3-4-17-12(8)16-6-15-11;/h2-6H;/q-1;. The fourth-order valence-electron chi connectivity index (χ4n) is 1.59. The Balaban J connectivity index is 0.00000120. The molecular weight excluding hydrogens is 434 g/mol. The van der Waals surface area contributed by atoms with Crippen LogP contribution in [0.25, 0.3) is 21.5 Å². The molecule has 0 amide bonds. The van der Waals surface area contributed by atoms with Crippen LogP contribution in [0.2, 0.25) is 0 Å². The molecule has 0 aliphatic rings. The molecule has 0 aliphatic heterocycles. The van der Waals surface area contributed by atoms with Crippen LogP contribution in [0.1, 0.15) is 0 Å². The zero-order chi connectivity index (χ0) is 11.8. The molecule has 6 heteroatoms. The molecule has 93 valence electrons. The number of hydrogen-bond donors (Lipinski definition) is 0. The van der Waals surface area contributed by atoms with Gasteiger partial charge in [0.2, 0.25) is 0 Å². The molecular formula is C12H5F2IrN2S-. The second-order valence-corrected chi connectivity index (χ2v) is 4.30. The Morgan fingerprint density at radius 1 is 1.17 bits per heavy atom. The summed E-state index contributed by atoms with van der Waals surface area (Å²) in [4.78, 5) is 9.00. The summed E-state index contributed by atoms with van der Waals surface area (Å²) in [6, 6.07) is 6.60. The molecule has 18 heavy (non-hydrogen) atoms. The van der Waals surface area contributed by atoms with Gasteiger partial charge in [0.15, 0.2) is 0 Å². The Bertz CT molecular complexity index is 699. The normalized spacial score (nSPS) is 10.3. The summed E-state index contributed by atoms with van der Waals surface area (Å²) in [5.74, 6) is -1.81. The third-order valence-corrected chi connectivity index (χ3v) is 3.19. The number of thiophene rings is 1. The molecule has 0 bridgehead atoms. The number of nitrogens with zero attached hydrogens (tertiary/aromatic N) is 2. The monoisotopic (exact) mass is 440 g/mol. The molecule has 0 saturated carbocycles. The van der Waals surface area contributed by atoms with Crippen molar-refractivity contribution in [2.45, 2.75) is 0 Å². The van der Waals surface area contributed by atoms with E-state index in [-0.39, 0.29) is 20.1 Å². The van der Waals surface area contributed by atoms with Crippen molar-refractivity contribution in [2.75, 3.05) is 0 Å². The Hall–Kier alpha value is -1.23. The number of aromatic nitrogens is 2. The van der Waals surface area contributed by atoms with Gasteiger partial charge in [0.1, 0.15) is 11.2 Å². The van der Waals surface area contributed by atoms with E-state index in [9.17, 15) is 8.78 Å². The molecule has 2 nitrogen and oxygen atoms in total. The first kappa shape index (κ1) is 13.2. The summed E-state index contributed by atoms with van der Waals surface area (Å²) in [5, 5.41) is 2.70. The van der Waals surface area contributed by atoms with E-state index >= 15 is 0 Å². The van der Waals surface area contributed by atoms with Crippen molar-refractivity contribution >= 4 is 21.6 Å². The van der Waals surface area contributed by atoms with Gasteiger partial charge in [0.05, 0.1) is 11.6 Å². The third kappa shape index (κ3) is 2.19. The molecule has 0 aliphatic carbocycles. The average Bonchev–Trinajstić information content (AvgIpc) is 2.80. The second kappa shape index (κ2) is 5.18. The Kier molecular flexibility index (Phi) is 3.80. The van der Waals surface area contributed by atoms with Crippen molar-refractivity contribution in [3.63, 3.8) is 0 Å². The molecule has 0 spiro atoms. The van der Waals surface area contributed by atoms with Crippen molar-refractivity contribution < 1.29 is 28.9 Å². The Morgan fingerprint density at radius 2 is 2.00 bits per heavy atom. The van der Waals surface area contributed by atoms with Crippen molar-refractivity contribution in [1.82, 2.24) is 9.97 Å². The second-order valence-electron chi connectivity index (χ2n) is 3.40. The number of rotatable bonds is 1. The van der Waals surface area contributed by atoms with Crippen molar-refractivity contribution in [3.8, 4) is 11.3 Å². The molecule has 0 fully saturated rings. The molecule has 1 aromatic carbocycles. The van der Waals surface area contributed by atoms with Crippen LogP contribution in [0.15, 0.2) is 29.9 Å². The minimum atomic E-state index is -0.913. The van der Waals surface area contributed by atoms with Gasteiger partial charge in [0, 0.05) is 25.8 Å². The summed E-state index contributed by atoms with van der Waals surface area (Å²) >= 11 is 1.47. The minimum absolute atomic E-state index is 0. The maximum absolute atomic E-state index is 13.2. The van der Waals surface area contributed by atoms with Gasteiger partial charge >= 0.3 is 0 Å². The zero-order valence-electron chi connectivity index (χ0n) is 8.78. The first-order valence-corrected chi connectivity index (χ1v) is 5.69. The van der Waals surface area contributed by atoms with Gasteiger partial charge in [-0.05, 0) is 16.8 Å². The summed E-state index contributed by atoms with van der Waals surface area (Å²) < 4.78 is 26.0. The van der Waals surface area contributed by atoms with Crippen LogP contribution in [0.3, 0.4) is 0 Å². The van der Waals surface area contributed by atoms with E-state index < -0.39 is 11.6 Å². The van der Waals surface area contributed by atoms with Crippen LogP contribution in [0, 0.1) is 17.7 Å². The van der Waals surface area contributed by atoms with Crippen LogP contribution < -0.4 is 0 Å². The van der Waals surface area contributed by atoms with E-state index in [4.69, 9.17) is 0 Å². The van der Waals surface area contributed by atoms with Crippen molar-refractivity contribution in [3.05, 3.63) is 47.6 Å². The van der Waals surface area contributed by atoms with Gasteiger partial charge in [-0.2, -0.15) is 0 Å². The number of fused-ring (bicyclic) bond motifs is 1. The van der Waals surface area contributed by atoms with Gasteiger partial charge in [-0.3, -0.25) is 9.37 Å². The summed E-state index contributed by atoms with van der Waals surface area (Å²) in [6.45, 7) is 0. The van der Waals surface area contributed by atoms with Crippen LogP contribution in [-0.2, 0) is 20.1 Å². The Morgan fingerprint density at radius 3 is 2.78 bits per heavy atom. The smallest absolute Gasteiger partial charge is 0.117 e. The quantitative estimate of drug-likeness (QED) is 0.543. The molecule has 0 unspecified atom stereocenters. The first-order valence-electron chi connectivity index (χ1n) is 4.81. The van der Waals surface area contributed by atoms with Crippen molar-refractivity contribution in [1.29, 1.82) is 0 Å². The van der Waals surface area contributed by atoms with E-state index in [0.717, 1.165) is 22.3 Å². The molecule has 2 heterocycles. The predicted octanol–water partition coefficient (Wildman–Crippen LogP) is 3.43. The van der Waals surface area contributed by atoms with Crippen LogP contribution in [-0.4, -0.2) is 9.97 Å². The molecule has 2 aromatic heterocycles. The fraction of sp³-hybridized carbons (Fsp3) is 0. The minimum Gasteiger partial charge on any atom is -0.285 e. The average molecular weight is 439 g/mol. The van der Waals surface area contributed by atoms with E-state index in [2.05, 4.69) is 16.0 Å². The number of hydrogen-bond acceptors (Lipinski definition) is 3. The predicted molar refractivity (Wildman–Crippen MR) is 61.6 cm³/mol. The van der Waals surface area contributed by atoms with Gasteiger partial charge in [-0.1, -0.05) is 0 Å². The van der Waals surface area contributed by atoms with Crippen LogP contribution >= 0.6 is 11.3 Å². The van der Waals surface area contributed by atoms with E-state index in [1.165, 1.54) is 17.7 Å². The van der Waals surface area contributed by atoms with Gasteiger partial charge in [-0.25, -0.2) is 9.37 Å². The topological polar surface area (TPSA) is 25.8 Å². The van der Waals surface area contributed by atoms with Gasteiger partial charge in [0.25, 0.3) is 0 Å². The fourth-order valence-corrected chi connectivity index (χ4v) is 2.32. The van der Waals surface area contributed by atoms with Crippen molar-refractivity contribution in [2.24, 2.45) is 0 Å². The van der Waals surface area contributed by atoms with Crippen LogP contribution in [0.5, 0.6) is 0 Å². The maximum Gasteiger partial charge on any atom is 0.117 e. The van der Waals surface area contributed by atoms with Gasteiger partial charge < -0.3 is 0 Å². The maximum atomic E-state index is 13.2. The largest absolute Gasteiger partial charge is 0.285 e. The summed E-state index contributed by atoms with van der Waals surface area (Å²) in [5.41, 5.74) is 0.991.